The fourth-order valence-electron chi connectivity index (χ4n) is 1.42. The van der Waals surface area contributed by atoms with E-state index in [1.54, 1.807) is 25.4 Å². The molecule has 0 aliphatic carbocycles. The maximum absolute atomic E-state index is 6.05. The van der Waals surface area contributed by atoms with Crippen LogP contribution in [-0.2, 0) is 10.3 Å². The highest BCUT2D eigenvalue weighted by Gasteiger charge is 2.28. The number of methoxy groups -OCH3 is 1. The van der Waals surface area contributed by atoms with Gasteiger partial charge in [-0.3, -0.25) is 0 Å². The lowest BCUT2D eigenvalue weighted by Gasteiger charge is -2.18. The van der Waals surface area contributed by atoms with Gasteiger partial charge in [0.25, 0.3) is 5.89 Å². The topological polar surface area (TPSA) is 74.2 Å². The van der Waals surface area contributed by atoms with Gasteiger partial charge in [0.15, 0.2) is 5.82 Å². The molecule has 0 aromatic carbocycles. The Hall–Kier alpha value is -0.280. The van der Waals surface area contributed by atoms with Crippen LogP contribution in [0.4, 0.5) is 0 Å². The molecule has 1 atom stereocenters. The fourth-order valence-corrected chi connectivity index (χ4v) is 4.19. The first kappa shape index (κ1) is 14.1. The first-order valence-corrected chi connectivity index (χ1v) is 7.41. The highest BCUT2D eigenvalue weighted by atomic mass is 79.9. The predicted molar refractivity (Wildman–Crippen MR) is 76.4 cm³/mol. The number of rotatable bonds is 4. The van der Waals surface area contributed by atoms with E-state index in [0.717, 1.165) is 13.1 Å². The predicted octanol–water partition coefficient (Wildman–Crippen LogP) is 3.14. The molecule has 0 saturated carbocycles. The van der Waals surface area contributed by atoms with Gasteiger partial charge in [0, 0.05) is 7.11 Å². The zero-order valence-electron chi connectivity index (χ0n) is 9.74. The lowest BCUT2D eigenvalue weighted by atomic mass is 10.1. The Balaban J connectivity index is 2.34. The maximum atomic E-state index is 6.05. The van der Waals surface area contributed by atoms with Crippen molar-refractivity contribution in [3.8, 4) is 11.5 Å². The molecule has 8 heteroatoms. The van der Waals surface area contributed by atoms with Crippen molar-refractivity contribution >= 4 is 43.2 Å². The molecule has 0 spiro atoms. The molecule has 1 unspecified atom stereocenters. The second-order valence-electron chi connectivity index (χ2n) is 4.01. The zero-order chi connectivity index (χ0) is 13.3. The van der Waals surface area contributed by atoms with Crippen molar-refractivity contribution in [3.63, 3.8) is 0 Å². The smallest absolute Gasteiger partial charge is 0.260 e. The van der Waals surface area contributed by atoms with Crippen LogP contribution in [0.3, 0.4) is 0 Å². The molecule has 2 aromatic heterocycles. The number of halogens is 2. The van der Waals surface area contributed by atoms with E-state index in [2.05, 4.69) is 42.0 Å². The number of hydrogen-bond donors (Lipinski definition) is 1. The quantitative estimate of drug-likeness (QED) is 0.859. The number of hydrogen-bond acceptors (Lipinski definition) is 6. The van der Waals surface area contributed by atoms with Gasteiger partial charge in [0.05, 0.1) is 19.7 Å². The lowest BCUT2D eigenvalue weighted by Crippen LogP contribution is -2.38. The molecule has 0 saturated heterocycles. The van der Waals surface area contributed by atoms with Gasteiger partial charge >= 0.3 is 0 Å². The van der Waals surface area contributed by atoms with Crippen molar-refractivity contribution in [1.82, 2.24) is 10.1 Å². The van der Waals surface area contributed by atoms with E-state index in [9.17, 15) is 0 Å². The van der Waals surface area contributed by atoms with Gasteiger partial charge in [0.2, 0.25) is 0 Å². The van der Waals surface area contributed by atoms with Crippen LogP contribution in [0.15, 0.2) is 18.2 Å². The van der Waals surface area contributed by atoms with Crippen LogP contribution in [0.2, 0.25) is 0 Å². The van der Waals surface area contributed by atoms with Gasteiger partial charge in [-0.15, -0.1) is 11.3 Å². The van der Waals surface area contributed by atoms with Gasteiger partial charge < -0.3 is 15.0 Å². The fraction of sp³-hybridized carbons (Fsp3) is 0.400. The second-order valence-corrected chi connectivity index (χ2v) is 7.76. The number of thiophene rings is 1. The Morgan fingerprint density at radius 1 is 1.56 bits per heavy atom. The minimum absolute atomic E-state index is 0.320. The third-order valence-electron chi connectivity index (χ3n) is 2.27. The second kappa shape index (κ2) is 5.38. The van der Waals surface area contributed by atoms with E-state index in [-0.39, 0.29) is 0 Å². The normalized spacial score (nSPS) is 14.7. The van der Waals surface area contributed by atoms with Gasteiger partial charge in [0.1, 0.15) is 5.54 Å². The summed E-state index contributed by atoms with van der Waals surface area (Å²) in [4.78, 5) is 4.32. The first-order valence-electron chi connectivity index (χ1n) is 5.01. The molecule has 0 fully saturated rings. The Labute approximate surface area is 125 Å². The Bertz CT molecular complexity index is 553. The minimum atomic E-state index is -0.768. The molecule has 2 heterocycles. The molecule has 2 N–H and O–H groups in total. The SMILES string of the molecule is COCC(C)(N)c1noc(-c2cc(Br)sc2Br)n1. The molecular weight excluding hydrogens is 386 g/mol. The summed E-state index contributed by atoms with van der Waals surface area (Å²) in [6, 6.07) is 1.91. The molecule has 2 rings (SSSR count). The van der Waals surface area contributed by atoms with Crippen molar-refractivity contribution in [3.05, 3.63) is 19.5 Å². The summed E-state index contributed by atoms with van der Waals surface area (Å²) in [6.45, 7) is 2.12. The first-order chi connectivity index (χ1) is 8.44. The molecule has 0 aliphatic heterocycles. The van der Waals surface area contributed by atoms with E-state index in [1.165, 1.54) is 0 Å². The van der Waals surface area contributed by atoms with E-state index in [4.69, 9.17) is 15.0 Å². The summed E-state index contributed by atoms with van der Waals surface area (Å²) >= 11 is 8.40. The Morgan fingerprint density at radius 2 is 2.28 bits per heavy atom. The highest BCUT2D eigenvalue weighted by molar-refractivity contribution is 9.12. The number of aromatic nitrogens is 2. The van der Waals surface area contributed by atoms with Crippen LogP contribution >= 0.6 is 43.2 Å². The summed E-state index contributed by atoms with van der Waals surface area (Å²) in [7, 11) is 1.58. The average Bonchev–Trinajstić information content (AvgIpc) is 2.85. The van der Waals surface area contributed by atoms with Crippen molar-refractivity contribution in [2.75, 3.05) is 13.7 Å². The summed E-state index contributed by atoms with van der Waals surface area (Å²) in [6.07, 6.45) is 0. The van der Waals surface area contributed by atoms with Crippen LogP contribution < -0.4 is 5.73 Å². The molecule has 0 amide bonds. The lowest BCUT2D eigenvalue weighted by molar-refractivity contribution is 0.135. The van der Waals surface area contributed by atoms with Crippen LogP contribution in [0.1, 0.15) is 12.7 Å². The third kappa shape index (κ3) is 2.83. The van der Waals surface area contributed by atoms with Crippen LogP contribution in [0.25, 0.3) is 11.5 Å². The Morgan fingerprint density at radius 3 is 2.83 bits per heavy atom. The van der Waals surface area contributed by atoms with Crippen molar-refractivity contribution in [1.29, 1.82) is 0 Å². The highest BCUT2D eigenvalue weighted by Crippen LogP contribution is 2.38. The van der Waals surface area contributed by atoms with Crippen LogP contribution in [0, 0.1) is 0 Å². The third-order valence-corrected chi connectivity index (χ3v) is 4.61. The van der Waals surface area contributed by atoms with Crippen LogP contribution in [0.5, 0.6) is 0 Å². The molecule has 0 bridgehead atoms. The molecular formula is C10H11Br2N3O2S. The van der Waals surface area contributed by atoms with Crippen molar-refractivity contribution < 1.29 is 9.26 Å². The average molecular weight is 397 g/mol. The van der Waals surface area contributed by atoms with Crippen molar-refractivity contribution in [2.24, 2.45) is 5.73 Å². The summed E-state index contributed by atoms with van der Waals surface area (Å²) in [5.74, 6) is 0.861. The number of nitrogens with two attached hydrogens (primary N) is 1. The van der Waals surface area contributed by atoms with Gasteiger partial charge in [-0.25, -0.2) is 0 Å². The molecule has 0 aliphatic rings. The van der Waals surface area contributed by atoms with Gasteiger partial charge in [-0.1, -0.05) is 5.16 Å². The molecule has 0 radical (unpaired) electrons. The van der Waals surface area contributed by atoms with Crippen molar-refractivity contribution in [2.45, 2.75) is 12.5 Å². The number of nitrogens with zero attached hydrogens (tertiary/aromatic N) is 2. The largest absolute Gasteiger partial charge is 0.382 e. The summed E-state index contributed by atoms with van der Waals surface area (Å²) < 4.78 is 12.2. The van der Waals surface area contributed by atoms with Gasteiger partial charge in [-0.05, 0) is 44.8 Å². The van der Waals surface area contributed by atoms with Gasteiger partial charge in [-0.2, -0.15) is 4.98 Å². The molecule has 2 aromatic rings. The molecule has 98 valence electrons. The van der Waals surface area contributed by atoms with E-state index in [0.29, 0.717) is 18.3 Å². The van der Waals surface area contributed by atoms with E-state index >= 15 is 0 Å². The zero-order valence-corrected chi connectivity index (χ0v) is 13.7. The minimum Gasteiger partial charge on any atom is -0.382 e. The number of ether oxygens (including phenoxy) is 1. The monoisotopic (exact) mass is 395 g/mol. The van der Waals surface area contributed by atoms with E-state index < -0.39 is 5.54 Å². The summed E-state index contributed by atoms with van der Waals surface area (Å²) in [5, 5.41) is 3.91. The molecule has 18 heavy (non-hydrogen) atoms. The molecule has 5 nitrogen and oxygen atoms in total. The Kier molecular flexibility index (Phi) is 4.22. The summed E-state index contributed by atoms with van der Waals surface area (Å²) in [5.41, 5.74) is 6.13. The standard InChI is InChI=1S/C10H11Br2N3O2S/c1-10(13,4-16-2)9-14-8(17-15-9)5-3-6(11)18-7(5)12/h3H,4,13H2,1-2H3. The van der Waals surface area contributed by atoms with Crippen LogP contribution in [-0.4, -0.2) is 23.9 Å². The van der Waals surface area contributed by atoms with E-state index in [1.807, 2.05) is 6.07 Å². The maximum Gasteiger partial charge on any atom is 0.260 e.